The standard InChI is InChI=1S/C19H24N2O2S/c1-3-22-17-9-11-18(12-10-17)23-13-14-24-19(20)21-15(2)16-7-5-4-6-8-16/h4-12,15H,3,13-14H2,1-2H3,(H2,20,21)/t15-/m0/s1. The molecule has 0 fully saturated rings. The Morgan fingerprint density at radius 2 is 1.67 bits per heavy atom. The van der Waals surface area contributed by atoms with Crippen molar-refractivity contribution in [3.63, 3.8) is 0 Å². The summed E-state index contributed by atoms with van der Waals surface area (Å²) in [6.07, 6.45) is 0. The van der Waals surface area contributed by atoms with Gasteiger partial charge in [-0.1, -0.05) is 42.1 Å². The van der Waals surface area contributed by atoms with Crippen molar-refractivity contribution in [1.82, 2.24) is 0 Å². The van der Waals surface area contributed by atoms with Gasteiger partial charge in [-0.2, -0.15) is 0 Å². The van der Waals surface area contributed by atoms with Crippen LogP contribution in [-0.2, 0) is 0 Å². The molecule has 0 bridgehead atoms. The van der Waals surface area contributed by atoms with Gasteiger partial charge in [0.1, 0.15) is 11.5 Å². The first-order valence-corrected chi connectivity index (χ1v) is 9.04. The Morgan fingerprint density at radius 1 is 1.04 bits per heavy atom. The number of ether oxygens (including phenoxy) is 2. The number of hydrogen-bond donors (Lipinski definition) is 1. The molecule has 24 heavy (non-hydrogen) atoms. The Kier molecular flexibility index (Phi) is 7.49. The van der Waals surface area contributed by atoms with Crippen molar-refractivity contribution in [2.45, 2.75) is 19.9 Å². The van der Waals surface area contributed by atoms with Crippen LogP contribution in [0.1, 0.15) is 25.5 Å². The molecule has 0 radical (unpaired) electrons. The van der Waals surface area contributed by atoms with Crippen molar-refractivity contribution >= 4 is 16.9 Å². The highest BCUT2D eigenvalue weighted by Gasteiger charge is 2.04. The van der Waals surface area contributed by atoms with Crippen molar-refractivity contribution in [2.24, 2.45) is 10.7 Å². The minimum Gasteiger partial charge on any atom is -0.494 e. The van der Waals surface area contributed by atoms with Crippen LogP contribution in [-0.4, -0.2) is 24.1 Å². The first kappa shape index (κ1) is 18.2. The Hall–Kier alpha value is -2.14. The van der Waals surface area contributed by atoms with Gasteiger partial charge in [0, 0.05) is 5.75 Å². The topological polar surface area (TPSA) is 56.8 Å². The smallest absolute Gasteiger partial charge is 0.154 e. The van der Waals surface area contributed by atoms with Gasteiger partial charge < -0.3 is 15.2 Å². The molecule has 0 spiro atoms. The highest BCUT2D eigenvalue weighted by molar-refractivity contribution is 8.13. The van der Waals surface area contributed by atoms with Crippen LogP contribution in [0.3, 0.4) is 0 Å². The average molecular weight is 344 g/mol. The van der Waals surface area contributed by atoms with Crippen LogP contribution in [0.2, 0.25) is 0 Å². The van der Waals surface area contributed by atoms with Gasteiger partial charge >= 0.3 is 0 Å². The molecule has 0 heterocycles. The van der Waals surface area contributed by atoms with Crippen LogP contribution < -0.4 is 15.2 Å². The maximum atomic E-state index is 5.99. The van der Waals surface area contributed by atoms with Gasteiger partial charge in [0.25, 0.3) is 0 Å². The van der Waals surface area contributed by atoms with E-state index < -0.39 is 0 Å². The summed E-state index contributed by atoms with van der Waals surface area (Å²) >= 11 is 1.51. The molecule has 128 valence electrons. The second kappa shape index (κ2) is 9.88. The maximum absolute atomic E-state index is 5.99. The van der Waals surface area contributed by atoms with Crippen LogP contribution >= 0.6 is 11.8 Å². The molecule has 0 amide bonds. The maximum Gasteiger partial charge on any atom is 0.154 e. The van der Waals surface area contributed by atoms with Crippen molar-refractivity contribution in [3.8, 4) is 11.5 Å². The average Bonchev–Trinajstić information content (AvgIpc) is 2.61. The summed E-state index contributed by atoms with van der Waals surface area (Å²) in [4.78, 5) is 4.51. The zero-order chi connectivity index (χ0) is 17.2. The minimum atomic E-state index is 0.0609. The summed E-state index contributed by atoms with van der Waals surface area (Å²) < 4.78 is 11.1. The Labute approximate surface area is 148 Å². The number of amidine groups is 1. The van der Waals surface area contributed by atoms with E-state index in [1.165, 1.54) is 11.8 Å². The van der Waals surface area contributed by atoms with Crippen molar-refractivity contribution in [1.29, 1.82) is 0 Å². The molecule has 5 heteroatoms. The lowest BCUT2D eigenvalue weighted by Crippen LogP contribution is -2.12. The predicted octanol–water partition coefficient (Wildman–Crippen LogP) is 4.27. The number of nitrogens with two attached hydrogens (primary N) is 1. The third kappa shape index (κ3) is 6.16. The first-order valence-electron chi connectivity index (χ1n) is 8.05. The summed E-state index contributed by atoms with van der Waals surface area (Å²) in [5, 5.41) is 0.585. The summed E-state index contributed by atoms with van der Waals surface area (Å²) in [7, 11) is 0. The lowest BCUT2D eigenvalue weighted by molar-refractivity contribution is 0.332. The molecule has 0 saturated heterocycles. The molecular weight excluding hydrogens is 320 g/mol. The van der Waals surface area contributed by atoms with Crippen LogP contribution in [0, 0.1) is 0 Å². The third-order valence-corrected chi connectivity index (χ3v) is 4.11. The van der Waals surface area contributed by atoms with Crippen LogP contribution in [0.5, 0.6) is 11.5 Å². The molecule has 0 unspecified atom stereocenters. The van der Waals surface area contributed by atoms with Crippen molar-refractivity contribution < 1.29 is 9.47 Å². The highest BCUT2D eigenvalue weighted by Crippen LogP contribution is 2.19. The Morgan fingerprint density at radius 3 is 2.29 bits per heavy atom. The monoisotopic (exact) mass is 344 g/mol. The fraction of sp³-hybridized carbons (Fsp3) is 0.316. The van der Waals surface area contributed by atoms with E-state index in [-0.39, 0.29) is 6.04 Å². The van der Waals surface area contributed by atoms with Crippen LogP contribution in [0.25, 0.3) is 0 Å². The van der Waals surface area contributed by atoms with Gasteiger partial charge in [-0.05, 0) is 43.7 Å². The van der Waals surface area contributed by atoms with E-state index in [2.05, 4.69) is 17.1 Å². The molecule has 4 nitrogen and oxygen atoms in total. The molecule has 0 aromatic heterocycles. The molecule has 0 aliphatic rings. The van der Waals surface area contributed by atoms with E-state index >= 15 is 0 Å². The number of aliphatic imine (C=N–C) groups is 1. The quantitative estimate of drug-likeness (QED) is 0.441. The number of rotatable bonds is 8. The Bertz CT molecular complexity index is 630. The Balaban J connectivity index is 1.72. The van der Waals surface area contributed by atoms with Crippen molar-refractivity contribution in [2.75, 3.05) is 19.0 Å². The normalized spacial score (nSPS) is 12.7. The molecule has 0 saturated carbocycles. The SMILES string of the molecule is CCOc1ccc(OCCSC(N)=N[C@@H](C)c2ccccc2)cc1. The van der Waals surface area contributed by atoms with E-state index in [1.54, 1.807) is 0 Å². The third-order valence-electron chi connectivity index (χ3n) is 3.34. The van der Waals surface area contributed by atoms with Gasteiger partial charge in [-0.3, -0.25) is 4.99 Å². The molecule has 2 aromatic carbocycles. The van der Waals surface area contributed by atoms with Gasteiger partial charge in [-0.25, -0.2) is 0 Å². The van der Waals surface area contributed by atoms with E-state index in [0.717, 1.165) is 22.8 Å². The molecule has 0 aliphatic heterocycles. The van der Waals surface area contributed by atoms with Crippen LogP contribution in [0.15, 0.2) is 59.6 Å². The summed E-state index contributed by atoms with van der Waals surface area (Å²) in [6.45, 7) is 5.25. The number of hydrogen-bond acceptors (Lipinski definition) is 4. The lowest BCUT2D eigenvalue weighted by Gasteiger charge is -2.09. The second-order valence-electron chi connectivity index (χ2n) is 5.16. The van der Waals surface area contributed by atoms with E-state index in [0.29, 0.717) is 18.4 Å². The highest BCUT2D eigenvalue weighted by atomic mass is 32.2. The number of nitrogens with zero attached hydrogens (tertiary/aromatic N) is 1. The van der Waals surface area contributed by atoms with Gasteiger partial charge in [0.15, 0.2) is 5.17 Å². The lowest BCUT2D eigenvalue weighted by atomic mass is 10.1. The molecule has 2 N–H and O–H groups in total. The molecule has 0 aliphatic carbocycles. The molecule has 1 atom stereocenters. The number of benzene rings is 2. The predicted molar refractivity (Wildman–Crippen MR) is 102 cm³/mol. The van der Waals surface area contributed by atoms with E-state index in [1.807, 2.05) is 56.3 Å². The van der Waals surface area contributed by atoms with Crippen molar-refractivity contribution in [3.05, 3.63) is 60.2 Å². The molecular formula is C19H24N2O2S. The number of thioether (sulfide) groups is 1. The molecule has 2 aromatic rings. The molecule has 2 rings (SSSR count). The summed E-state index contributed by atoms with van der Waals surface area (Å²) in [5.41, 5.74) is 7.14. The fourth-order valence-corrected chi connectivity index (χ4v) is 2.75. The summed E-state index contributed by atoms with van der Waals surface area (Å²) in [5.74, 6) is 2.43. The van der Waals surface area contributed by atoms with E-state index in [4.69, 9.17) is 15.2 Å². The first-order chi connectivity index (χ1) is 11.7. The largest absolute Gasteiger partial charge is 0.494 e. The minimum absolute atomic E-state index is 0.0609. The zero-order valence-corrected chi connectivity index (χ0v) is 15.0. The van der Waals surface area contributed by atoms with Gasteiger partial charge in [-0.15, -0.1) is 0 Å². The van der Waals surface area contributed by atoms with Crippen LogP contribution in [0.4, 0.5) is 0 Å². The second-order valence-corrected chi connectivity index (χ2v) is 6.27. The van der Waals surface area contributed by atoms with Gasteiger partial charge in [0.05, 0.1) is 19.3 Å². The van der Waals surface area contributed by atoms with Gasteiger partial charge in [0.2, 0.25) is 0 Å². The fourth-order valence-electron chi connectivity index (χ4n) is 2.14. The van der Waals surface area contributed by atoms with E-state index in [9.17, 15) is 0 Å². The summed E-state index contributed by atoms with van der Waals surface area (Å²) in [6, 6.07) is 17.8. The zero-order valence-electron chi connectivity index (χ0n) is 14.1.